The van der Waals surface area contributed by atoms with Gasteiger partial charge in [-0.3, -0.25) is 0 Å². The third kappa shape index (κ3) is 2.55. The summed E-state index contributed by atoms with van der Waals surface area (Å²) < 4.78 is 25.5. The minimum absolute atomic E-state index is 0.0961. The fourth-order valence-corrected chi connectivity index (χ4v) is 5.12. The van der Waals surface area contributed by atoms with Crippen molar-refractivity contribution < 1.29 is 13.9 Å². The number of rotatable bonds is 4. The van der Waals surface area contributed by atoms with E-state index in [4.69, 9.17) is 9.47 Å². The summed E-state index contributed by atoms with van der Waals surface area (Å²) in [6, 6.07) is 6.50. The van der Waals surface area contributed by atoms with Gasteiger partial charge in [0.25, 0.3) is 0 Å². The number of hydrogen-bond donors (Lipinski definition) is 0. The largest absolute Gasteiger partial charge is 0.370 e. The molecule has 3 rings (SSSR count). The predicted molar refractivity (Wildman–Crippen MR) is 84.0 cm³/mol. The van der Waals surface area contributed by atoms with Crippen LogP contribution in [-0.4, -0.2) is 22.1 Å². The molecule has 2 nitrogen and oxygen atoms in total. The molecule has 2 aliphatic heterocycles. The van der Waals surface area contributed by atoms with Gasteiger partial charge < -0.3 is 9.47 Å². The third-order valence-corrected chi connectivity index (χ3v) is 6.16. The lowest BCUT2D eigenvalue weighted by molar-refractivity contribution is -0.0955. The first-order chi connectivity index (χ1) is 9.86. The molecule has 1 aromatic rings. The van der Waals surface area contributed by atoms with Gasteiger partial charge in [0.2, 0.25) is 0 Å². The molecule has 2 aliphatic rings. The van der Waals surface area contributed by atoms with Gasteiger partial charge in [-0.1, -0.05) is 41.9 Å². The number of halogens is 2. The summed E-state index contributed by atoms with van der Waals surface area (Å²) in [5.74, 6) is 0.234. The first-order valence-electron chi connectivity index (χ1n) is 7.56. The molecule has 0 N–H and O–H groups in total. The van der Waals surface area contributed by atoms with E-state index in [9.17, 15) is 4.39 Å². The molecule has 2 saturated heterocycles. The summed E-state index contributed by atoms with van der Waals surface area (Å²) in [4.78, 5) is 0.390. The Labute approximate surface area is 134 Å². The van der Waals surface area contributed by atoms with E-state index in [1.807, 2.05) is 0 Å². The van der Waals surface area contributed by atoms with Crippen LogP contribution in [0.4, 0.5) is 4.39 Å². The fraction of sp³-hybridized carbons (Fsp3) is 0.647. The molecule has 4 atom stereocenters. The minimum atomic E-state index is -0.224. The van der Waals surface area contributed by atoms with Gasteiger partial charge >= 0.3 is 0 Å². The number of fused-ring (bicyclic) bond motifs is 2. The molecule has 0 saturated carbocycles. The van der Waals surface area contributed by atoms with Crippen LogP contribution in [0.15, 0.2) is 24.3 Å². The molecule has 116 valence electrons. The Morgan fingerprint density at radius 2 is 2.00 bits per heavy atom. The highest BCUT2D eigenvalue weighted by atomic mass is 79.9. The summed E-state index contributed by atoms with van der Waals surface area (Å²) in [5.41, 5.74) is 0.650. The van der Waals surface area contributed by atoms with Crippen LogP contribution in [0.5, 0.6) is 0 Å². The molecule has 0 spiro atoms. The van der Waals surface area contributed by atoms with Crippen LogP contribution in [-0.2, 0) is 16.1 Å². The normalized spacial score (nSPS) is 38.4. The summed E-state index contributed by atoms with van der Waals surface area (Å²) in [6.07, 6.45) is 1.98. The molecule has 0 radical (unpaired) electrons. The molecule has 0 unspecified atom stereocenters. The number of ether oxygens (including phenoxy) is 2. The molecule has 1 aromatic carbocycles. The Balaban J connectivity index is 1.69. The zero-order valence-electron chi connectivity index (χ0n) is 12.7. The highest BCUT2D eigenvalue weighted by molar-refractivity contribution is 9.09. The average molecular weight is 357 g/mol. The number of benzene rings is 1. The standard InChI is InChI=1S/C17H22BrFO2/c1-11(2)17-9-15(16(3,21-17)8-14(17)18)20-10-12-4-6-13(19)7-5-12/h4-7,11,14-15H,8-10H2,1-3H3/t14-,15+,16-,17+/m0/s1. The second kappa shape index (κ2) is 5.32. The van der Waals surface area contributed by atoms with Gasteiger partial charge in [0.05, 0.1) is 23.9 Å². The van der Waals surface area contributed by atoms with Crippen molar-refractivity contribution in [2.75, 3.05) is 0 Å². The lowest BCUT2D eigenvalue weighted by Crippen LogP contribution is -2.44. The Morgan fingerprint density at radius 3 is 2.57 bits per heavy atom. The molecule has 0 aliphatic carbocycles. The van der Waals surface area contributed by atoms with Crippen LogP contribution >= 0.6 is 15.9 Å². The quantitative estimate of drug-likeness (QED) is 0.741. The monoisotopic (exact) mass is 356 g/mol. The molecule has 0 aromatic heterocycles. The topological polar surface area (TPSA) is 18.5 Å². The van der Waals surface area contributed by atoms with Crippen LogP contribution in [0.2, 0.25) is 0 Å². The SMILES string of the molecule is CC(C)[C@]12C[C@@H](OCc3ccc(F)cc3)[C@](C)(C[C@@H]1Br)O2. The van der Waals surface area contributed by atoms with E-state index >= 15 is 0 Å². The van der Waals surface area contributed by atoms with Crippen LogP contribution in [0.3, 0.4) is 0 Å². The van der Waals surface area contributed by atoms with E-state index in [2.05, 4.69) is 36.7 Å². The van der Waals surface area contributed by atoms with Crippen molar-refractivity contribution in [1.82, 2.24) is 0 Å². The van der Waals surface area contributed by atoms with Gasteiger partial charge in [0.1, 0.15) is 5.82 Å². The van der Waals surface area contributed by atoms with E-state index in [1.165, 1.54) is 12.1 Å². The maximum absolute atomic E-state index is 12.9. The zero-order valence-corrected chi connectivity index (χ0v) is 14.3. The minimum Gasteiger partial charge on any atom is -0.370 e. The van der Waals surface area contributed by atoms with E-state index in [1.54, 1.807) is 12.1 Å². The maximum Gasteiger partial charge on any atom is 0.123 e. The highest BCUT2D eigenvalue weighted by Crippen LogP contribution is 2.57. The van der Waals surface area contributed by atoms with Crippen molar-refractivity contribution in [2.45, 2.75) is 62.4 Å². The number of alkyl halides is 1. The Morgan fingerprint density at radius 1 is 1.33 bits per heavy atom. The lowest BCUT2D eigenvalue weighted by atomic mass is 9.75. The second-order valence-electron chi connectivity index (χ2n) is 6.83. The van der Waals surface area contributed by atoms with E-state index in [0.717, 1.165) is 18.4 Å². The molecular formula is C17H22BrFO2. The zero-order chi connectivity index (χ0) is 15.3. The van der Waals surface area contributed by atoms with Gasteiger partial charge in [0.15, 0.2) is 0 Å². The van der Waals surface area contributed by atoms with E-state index in [0.29, 0.717) is 17.4 Å². The molecular weight excluding hydrogens is 335 g/mol. The Hall–Kier alpha value is -0.450. The van der Waals surface area contributed by atoms with Crippen LogP contribution < -0.4 is 0 Å². The molecule has 2 bridgehead atoms. The lowest BCUT2D eigenvalue weighted by Gasteiger charge is -2.35. The first-order valence-corrected chi connectivity index (χ1v) is 8.47. The van der Waals surface area contributed by atoms with Gasteiger partial charge in [-0.15, -0.1) is 0 Å². The van der Waals surface area contributed by atoms with Crippen molar-refractivity contribution in [3.8, 4) is 0 Å². The van der Waals surface area contributed by atoms with Crippen LogP contribution in [0.1, 0.15) is 39.2 Å². The van der Waals surface area contributed by atoms with Gasteiger partial charge in [-0.05, 0) is 37.0 Å². The summed E-state index contributed by atoms with van der Waals surface area (Å²) in [7, 11) is 0. The molecule has 4 heteroatoms. The fourth-order valence-electron chi connectivity index (χ4n) is 3.67. The third-order valence-electron chi connectivity index (χ3n) is 5.07. The summed E-state index contributed by atoms with van der Waals surface area (Å²) >= 11 is 3.80. The van der Waals surface area contributed by atoms with E-state index < -0.39 is 0 Å². The van der Waals surface area contributed by atoms with Gasteiger partial charge in [-0.25, -0.2) is 4.39 Å². The van der Waals surface area contributed by atoms with Crippen molar-refractivity contribution >= 4 is 15.9 Å². The van der Waals surface area contributed by atoms with Gasteiger partial charge in [-0.2, -0.15) is 0 Å². The van der Waals surface area contributed by atoms with Crippen molar-refractivity contribution in [1.29, 1.82) is 0 Å². The molecule has 21 heavy (non-hydrogen) atoms. The van der Waals surface area contributed by atoms with Crippen molar-refractivity contribution in [2.24, 2.45) is 5.92 Å². The molecule has 0 amide bonds. The van der Waals surface area contributed by atoms with Crippen molar-refractivity contribution in [3.63, 3.8) is 0 Å². The van der Waals surface area contributed by atoms with E-state index in [-0.39, 0.29) is 23.1 Å². The Kier molecular flexibility index (Phi) is 3.92. The van der Waals surface area contributed by atoms with Crippen molar-refractivity contribution in [3.05, 3.63) is 35.6 Å². The predicted octanol–water partition coefficient (Wildman–Crippen LogP) is 4.45. The number of hydrogen-bond acceptors (Lipinski definition) is 2. The summed E-state index contributed by atoms with van der Waals surface area (Å²) in [6.45, 7) is 7.07. The maximum atomic E-state index is 12.9. The summed E-state index contributed by atoms with van der Waals surface area (Å²) in [5, 5.41) is 0. The average Bonchev–Trinajstić information content (AvgIpc) is 2.86. The molecule has 2 fully saturated rings. The Bertz CT molecular complexity index is 518. The van der Waals surface area contributed by atoms with Crippen LogP contribution in [0.25, 0.3) is 0 Å². The smallest absolute Gasteiger partial charge is 0.123 e. The second-order valence-corrected chi connectivity index (χ2v) is 7.93. The molecule has 2 heterocycles. The van der Waals surface area contributed by atoms with Gasteiger partial charge in [0, 0.05) is 11.2 Å². The highest BCUT2D eigenvalue weighted by Gasteiger charge is 2.65. The van der Waals surface area contributed by atoms with Crippen LogP contribution in [0, 0.1) is 11.7 Å². The first kappa shape index (κ1) is 15.4.